The molecule has 0 saturated carbocycles. The second kappa shape index (κ2) is 9.34. The molecule has 5 rings (SSSR count). The fourth-order valence-corrected chi connectivity index (χ4v) is 4.32. The maximum atomic E-state index is 14.6. The summed E-state index contributed by atoms with van der Waals surface area (Å²) in [4.78, 5) is 11.5. The van der Waals surface area contributed by atoms with Crippen LogP contribution in [0.1, 0.15) is 11.4 Å². The van der Waals surface area contributed by atoms with Crippen molar-refractivity contribution in [3.8, 4) is 16.9 Å². The summed E-state index contributed by atoms with van der Waals surface area (Å²) in [7, 11) is 0. The van der Waals surface area contributed by atoms with Gasteiger partial charge in [-0.05, 0) is 48.9 Å². The van der Waals surface area contributed by atoms with Crippen molar-refractivity contribution >= 4 is 16.9 Å². The highest BCUT2D eigenvalue weighted by molar-refractivity contribution is 5.83. The van der Waals surface area contributed by atoms with Gasteiger partial charge in [0.2, 0.25) is 0 Å². The van der Waals surface area contributed by atoms with Crippen molar-refractivity contribution in [2.24, 2.45) is 0 Å². The minimum atomic E-state index is -3.04. The molecule has 176 valence electrons. The smallest absolute Gasteiger partial charge is 0.387 e. The quantitative estimate of drug-likeness (QED) is 0.449. The average molecular weight is 467 g/mol. The first-order valence-electron chi connectivity index (χ1n) is 11.1. The first-order valence-corrected chi connectivity index (χ1v) is 11.1. The number of hydrogen-bond donors (Lipinski definition) is 1. The first kappa shape index (κ1) is 22.2. The van der Waals surface area contributed by atoms with E-state index < -0.39 is 12.4 Å². The highest BCUT2D eigenvalue weighted by atomic mass is 19.3. The fourth-order valence-electron chi connectivity index (χ4n) is 4.32. The van der Waals surface area contributed by atoms with Crippen LogP contribution >= 0.6 is 0 Å². The number of aromatic nitrogens is 3. The Kier molecular flexibility index (Phi) is 6.10. The Morgan fingerprint density at radius 1 is 1.06 bits per heavy atom. The van der Waals surface area contributed by atoms with E-state index in [-0.39, 0.29) is 17.9 Å². The zero-order valence-corrected chi connectivity index (χ0v) is 18.6. The van der Waals surface area contributed by atoms with Crippen LogP contribution in [0.5, 0.6) is 5.75 Å². The van der Waals surface area contributed by atoms with E-state index in [0.29, 0.717) is 5.82 Å². The van der Waals surface area contributed by atoms with Crippen LogP contribution in [0.15, 0.2) is 54.7 Å². The predicted molar refractivity (Wildman–Crippen MR) is 125 cm³/mol. The lowest BCUT2D eigenvalue weighted by Crippen LogP contribution is -2.43. The van der Waals surface area contributed by atoms with Gasteiger partial charge in [-0.15, -0.1) is 0 Å². The van der Waals surface area contributed by atoms with E-state index in [1.54, 1.807) is 11.5 Å². The van der Waals surface area contributed by atoms with Gasteiger partial charge in [-0.25, -0.2) is 14.4 Å². The molecule has 1 aliphatic heterocycles. The lowest BCUT2D eigenvalue weighted by atomic mass is 10.1. The highest BCUT2D eigenvalue weighted by Gasteiger charge is 2.18. The maximum absolute atomic E-state index is 14.6. The molecule has 34 heavy (non-hydrogen) atoms. The summed E-state index contributed by atoms with van der Waals surface area (Å²) >= 11 is 0. The summed E-state index contributed by atoms with van der Waals surface area (Å²) in [6.45, 7) is 2.50. The Morgan fingerprint density at radius 3 is 2.59 bits per heavy atom. The third kappa shape index (κ3) is 4.43. The average Bonchev–Trinajstić information content (AvgIpc) is 3.15. The topological polar surface area (TPSA) is 55.2 Å². The van der Waals surface area contributed by atoms with Gasteiger partial charge < -0.3 is 19.5 Å². The molecule has 2 aromatic carbocycles. The number of nitrogens with zero attached hydrogens (tertiary/aromatic N) is 4. The normalized spacial score (nSPS) is 14.2. The van der Waals surface area contributed by atoms with Gasteiger partial charge in [0.25, 0.3) is 0 Å². The van der Waals surface area contributed by atoms with Crippen LogP contribution in [-0.4, -0.2) is 47.3 Å². The molecule has 2 aromatic heterocycles. The molecule has 0 spiro atoms. The molecule has 4 aromatic rings. The Balaban J connectivity index is 1.48. The molecule has 1 N–H and O–H groups in total. The zero-order valence-electron chi connectivity index (χ0n) is 18.6. The largest absolute Gasteiger partial charge is 0.434 e. The Bertz CT molecular complexity index is 1300. The highest BCUT2D eigenvalue weighted by Crippen LogP contribution is 2.29. The van der Waals surface area contributed by atoms with Crippen LogP contribution in [0.4, 0.5) is 19.0 Å². The number of halogens is 3. The summed E-state index contributed by atoms with van der Waals surface area (Å²) in [5.41, 5.74) is 3.44. The van der Waals surface area contributed by atoms with E-state index in [4.69, 9.17) is 0 Å². The minimum Gasteiger partial charge on any atom is -0.434 e. The van der Waals surface area contributed by atoms with E-state index in [2.05, 4.69) is 24.9 Å². The van der Waals surface area contributed by atoms with Crippen LogP contribution < -0.4 is 15.0 Å². The molecule has 9 heteroatoms. The SMILES string of the molecule is Cc1nc2ccc(-c3ccc(N4CCNCC4)nc3)cc2n1Cc1c(F)cccc1OC(F)F. The van der Waals surface area contributed by atoms with Gasteiger partial charge in [0.15, 0.2) is 0 Å². The molecule has 0 atom stereocenters. The van der Waals surface area contributed by atoms with Gasteiger partial charge in [0, 0.05) is 43.5 Å². The lowest BCUT2D eigenvalue weighted by Gasteiger charge is -2.28. The van der Waals surface area contributed by atoms with Gasteiger partial charge in [0.1, 0.15) is 23.2 Å². The Labute approximate surface area is 195 Å². The number of fused-ring (bicyclic) bond motifs is 1. The molecule has 1 saturated heterocycles. The molecule has 0 radical (unpaired) electrons. The molecular weight excluding hydrogens is 443 g/mol. The first-order chi connectivity index (χ1) is 16.5. The summed E-state index contributed by atoms with van der Waals surface area (Å²) in [6, 6.07) is 13.8. The van der Waals surface area contributed by atoms with Crippen molar-refractivity contribution in [2.45, 2.75) is 20.1 Å². The van der Waals surface area contributed by atoms with Crippen LogP contribution in [0, 0.1) is 12.7 Å². The van der Waals surface area contributed by atoms with Crippen LogP contribution in [-0.2, 0) is 6.54 Å². The standard InChI is InChI=1S/C25H24F3N5O/c1-16-31-21-7-5-17(18-6-8-24(30-14-18)32-11-9-29-10-12-32)13-22(21)33(16)15-19-20(26)3-2-4-23(19)34-25(27)28/h2-8,13-14,25,29H,9-12,15H2,1H3. The van der Waals surface area contributed by atoms with Gasteiger partial charge in [-0.3, -0.25) is 0 Å². The molecule has 1 aliphatic rings. The van der Waals surface area contributed by atoms with Crippen molar-refractivity contribution in [2.75, 3.05) is 31.1 Å². The van der Waals surface area contributed by atoms with E-state index in [9.17, 15) is 13.2 Å². The van der Waals surface area contributed by atoms with E-state index in [1.165, 1.54) is 18.2 Å². The van der Waals surface area contributed by atoms with Crippen molar-refractivity contribution < 1.29 is 17.9 Å². The van der Waals surface area contributed by atoms with Crippen molar-refractivity contribution in [3.05, 3.63) is 71.9 Å². The molecule has 0 amide bonds. The number of piperazine rings is 1. The van der Waals surface area contributed by atoms with Gasteiger partial charge in [0.05, 0.1) is 17.6 Å². The molecule has 0 unspecified atom stereocenters. The number of ether oxygens (including phenoxy) is 1. The minimum absolute atomic E-state index is 0.0146. The number of imidazole rings is 1. The summed E-state index contributed by atoms with van der Waals surface area (Å²) in [6.07, 6.45) is 1.84. The lowest BCUT2D eigenvalue weighted by molar-refractivity contribution is -0.0506. The number of aryl methyl sites for hydroxylation is 1. The molecule has 3 heterocycles. The predicted octanol–water partition coefficient (Wildman–Crippen LogP) is 4.61. The van der Waals surface area contributed by atoms with E-state index in [1.807, 2.05) is 36.5 Å². The second-order valence-electron chi connectivity index (χ2n) is 8.19. The van der Waals surface area contributed by atoms with Crippen LogP contribution in [0.3, 0.4) is 0 Å². The summed E-state index contributed by atoms with van der Waals surface area (Å²) in [5, 5.41) is 3.33. The molecule has 6 nitrogen and oxygen atoms in total. The maximum Gasteiger partial charge on any atom is 0.387 e. The number of nitrogens with one attached hydrogen (secondary N) is 1. The Morgan fingerprint density at radius 2 is 1.85 bits per heavy atom. The van der Waals surface area contributed by atoms with E-state index in [0.717, 1.165) is 54.2 Å². The van der Waals surface area contributed by atoms with Gasteiger partial charge in [-0.1, -0.05) is 12.1 Å². The monoisotopic (exact) mass is 467 g/mol. The molecule has 0 aliphatic carbocycles. The molecular formula is C25H24F3N5O. The van der Waals surface area contributed by atoms with Crippen molar-refractivity contribution in [1.82, 2.24) is 19.9 Å². The van der Waals surface area contributed by atoms with E-state index >= 15 is 0 Å². The third-order valence-corrected chi connectivity index (χ3v) is 6.07. The van der Waals surface area contributed by atoms with Crippen molar-refractivity contribution in [3.63, 3.8) is 0 Å². The Hall–Kier alpha value is -3.59. The molecule has 1 fully saturated rings. The number of hydrogen-bond acceptors (Lipinski definition) is 5. The summed E-state index contributed by atoms with van der Waals surface area (Å²) in [5.74, 6) is 0.798. The zero-order chi connectivity index (χ0) is 23.7. The number of benzene rings is 2. The van der Waals surface area contributed by atoms with Crippen LogP contribution in [0.25, 0.3) is 22.2 Å². The van der Waals surface area contributed by atoms with Gasteiger partial charge in [-0.2, -0.15) is 8.78 Å². The number of rotatable bonds is 6. The number of alkyl halides is 2. The van der Waals surface area contributed by atoms with Crippen LogP contribution in [0.2, 0.25) is 0 Å². The fraction of sp³-hybridized carbons (Fsp3) is 0.280. The van der Waals surface area contributed by atoms with Crippen molar-refractivity contribution in [1.29, 1.82) is 0 Å². The second-order valence-corrected chi connectivity index (χ2v) is 8.19. The van der Waals surface area contributed by atoms with Gasteiger partial charge >= 0.3 is 6.61 Å². The number of pyridine rings is 1. The molecule has 0 bridgehead atoms. The number of anilines is 1. The summed E-state index contributed by atoms with van der Waals surface area (Å²) < 4.78 is 46.7. The third-order valence-electron chi connectivity index (χ3n) is 6.07.